The molecule has 8 nitrogen and oxygen atoms in total. The van der Waals surface area contributed by atoms with E-state index < -0.39 is 0 Å². The molecule has 0 atom stereocenters. The van der Waals surface area contributed by atoms with Gasteiger partial charge in [0.2, 0.25) is 0 Å². The number of pyridine rings is 1. The normalized spacial score (nSPS) is 11.9. The quantitative estimate of drug-likeness (QED) is 0.658. The Morgan fingerprint density at radius 2 is 2.00 bits per heavy atom. The molecule has 1 amide bonds. The molecule has 0 fully saturated rings. The second kappa shape index (κ2) is 7.61. The van der Waals surface area contributed by atoms with E-state index in [1.807, 2.05) is 19.2 Å². The second-order valence-corrected chi connectivity index (χ2v) is 8.42. The van der Waals surface area contributed by atoms with Crippen LogP contribution in [0, 0.1) is 5.41 Å². The summed E-state index contributed by atoms with van der Waals surface area (Å²) in [6.07, 6.45) is 4.77. The van der Waals surface area contributed by atoms with Gasteiger partial charge in [-0.25, -0.2) is 14.8 Å². The zero-order chi connectivity index (χ0) is 20.5. The molecule has 3 rings (SSSR count). The molecule has 152 valence electrons. The van der Waals surface area contributed by atoms with Gasteiger partial charge in [0.25, 0.3) is 5.91 Å². The largest absolute Gasteiger partial charge is 0.351 e. The molecule has 8 heteroatoms. The van der Waals surface area contributed by atoms with Crippen molar-refractivity contribution in [1.82, 2.24) is 29.0 Å². The van der Waals surface area contributed by atoms with Gasteiger partial charge in [0.15, 0.2) is 5.65 Å². The summed E-state index contributed by atoms with van der Waals surface area (Å²) in [6, 6.07) is 3.93. The Labute approximate surface area is 165 Å². The molecule has 0 aliphatic heterocycles. The minimum Gasteiger partial charge on any atom is -0.351 e. The van der Waals surface area contributed by atoms with E-state index in [0.29, 0.717) is 24.4 Å². The molecule has 0 unspecified atom stereocenters. The summed E-state index contributed by atoms with van der Waals surface area (Å²) in [5.74, 6) is -0.175. The Kier molecular flexibility index (Phi) is 5.40. The zero-order valence-corrected chi connectivity index (χ0v) is 17.2. The van der Waals surface area contributed by atoms with Crippen molar-refractivity contribution in [2.24, 2.45) is 19.5 Å². The van der Waals surface area contributed by atoms with Crippen LogP contribution in [-0.2, 0) is 27.1 Å². The fourth-order valence-corrected chi connectivity index (χ4v) is 3.17. The first kappa shape index (κ1) is 19.9. The molecule has 0 bridgehead atoms. The molecule has 28 heavy (non-hydrogen) atoms. The summed E-state index contributed by atoms with van der Waals surface area (Å²) in [4.78, 5) is 33.3. The minimum atomic E-state index is -0.175. The van der Waals surface area contributed by atoms with Crippen molar-refractivity contribution < 1.29 is 6.22 Å². The smallest absolute Gasteiger partial charge is 0.330 e. The summed E-state index contributed by atoms with van der Waals surface area (Å²) in [6.45, 7) is 7.51. The third kappa shape index (κ3) is 4.32. The molecule has 0 aliphatic rings. The Bertz CT molecular complexity index is 1060. The summed E-state index contributed by atoms with van der Waals surface area (Å²) < 4.78 is 5.14. The summed E-state index contributed by atoms with van der Waals surface area (Å²) in [5.41, 5.74) is 2.83. The Morgan fingerprint density at radius 3 is 2.64 bits per heavy atom. The van der Waals surface area contributed by atoms with Gasteiger partial charge in [-0.15, -0.1) is 0 Å². The zero-order valence-electron chi connectivity index (χ0n) is 17.2. The Morgan fingerprint density at radius 1 is 1.25 bits per heavy atom. The molecule has 3 heterocycles. The fraction of sp³-hybridized carbons (Fsp3) is 0.500. The maximum Gasteiger partial charge on any atom is 0.330 e. The van der Waals surface area contributed by atoms with Gasteiger partial charge in [-0.05, 0) is 30.4 Å². The average Bonchev–Trinajstić information content (AvgIpc) is 3.15. The molecule has 0 radical (unpaired) electrons. The molecule has 0 aromatic carbocycles. The molecular formula is C20H30N6O2. The van der Waals surface area contributed by atoms with Crippen LogP contribution in [0.4, 0.5) is 0 Å². The van der Waals surface area contributed by atoms with Crippen LogP contribution < -0.4 is 11.0 Å². The highest BCUT2D eigenvalue weighted by molar-refractivity contribution is 5.91. The monoisotopic (exact) mass is 386 g/mol. The van der Waals surface area contributed by atoms with Gasteiger partial charge in [-0.1, -0.05) is 20.8 Å². The fourth-order valence-electron chi connectivity index (χ4n) is 3.17. The van der Waals surface area contributed by atoms with E-state index in [0.717, 1.165) is 24.1 Å². The number of nitrogens with zero attached hydrogens (tertiary/aromatic N) is 5. The van der Waals surface area contributed by atoms with Crippen LogP contribution in [0.5, 0.6) is 0 Å². The van der Waals surface area contributed by atoms with E-state index >= 15 is 0 Å². The van der Waals surface area contributed by atoms with E-state index in [1.54, 1.807) is 33.3 Å². The van der Waals surface area contributed by atoms with Gasteiger partial charge in [0.1, 0.15) is 5.69 Å². The van der Waals surface area contributed by atoms with Crippen molar-refractivity contribution in [2.75, 3.05) is 6.54 Å². The van der Waals surface area contributed by atoms with Gasteiger partial charge in [0.05, 0.1) is 11.8 Å². The van der Waals surface area contributed by atoms with E-state index in [2.05, 4.69) is 36.1 Å². The number of hydrogen-bond acceptors (Lipinski definition) is 4. The lowest BCUT2D eigenvalue weighted by Gasteiger charge is -2.18. The Balaban J connectivity index is 0.00000300. The average molecular weight is 387 g/mol. The molecular weight excluding hydrogens is 356 g/mol. The number of imidazole rings is 2. The molecule has 0 aliphatic carbocycles. The lowest BCUT2D eigenvalue weighted by atomic mass is 9.97. The van der Waals surface area contributed by atoms with Gasteiger partial charge < -0.3 is 9.88 Å². The van der Waals surface area contributed by atoms with E-state index in [4.69, 9.17) is 0 Å². The number of nitrogens with one attached hydrogen (secondary N) is 1. The van der Waals surface area contributed by atoms with Crippen molar-refractivity contribution in [3.8, 4) is 0 Å². The van der Waals surface area contributed by atoms with Crippen molar-refractivity contribution >= 4 is 17.1 Å². The SMILES string of the molecule is Cn1cnc(C(=O)NCCCc2ccc3c(n2)n(C)c(=O)n3CC(C)(C)C)c1.[HH]. The highest BCUT2D eigenvalue weighted by Gasteiger charge is 2.18. The summed E-state index contributed by atoms with van der Waals surface area (Å²) >= 11 is 0. The van der Waals surface area contributed by atoms with Gasteiger partial charge in [-0.3, -0.25) is 13.9 Å². The van der Waals surface area contributed by atoms with Crippen LogP contribution >= 0.6 is 0 Å². The van der Waals surface area contributed by atoms with Crippen molar-refractivity contribution in [2.45, 2.75) is 40.2 Å². The lowest BCUT2D eigenvalue weighted by Crippen LogP contribution is -2.27. The van der Waals surface area contributed by atoms with Crippen LogP contribution in [0.25, 0.3) is 11.2 Å². The second-order valence-electron chi connectivity index (χ2n) is 8.42. The number of amides is 1. The first-order valence-electron chi connectivity index (χ1n) is 9.47. The number of aryl methyl sites for hydroxylation is 3. The minimum absolute atomic E-state index is 0. The number of carbonyl (C=O) groups excluding carboxylic acids is 1. The van der Waals surface area contributed by atoms with Crippen LogP contribution in [-0.4, -0.2) is 36.1 Å². The van der Waals surface area contributed by atoms with E-state index in [1.165, 1.54) is 0 Å². The van der Waals surface area contributed by atoms with Crippen molar-refractivity contribution in [3.05, 3.63) is 46.5 Å². The van der Waals surface area contributed by atoms with Gasteiger partial charge >= 0.3 is 5.69 Å². The summed E-state index contributed by atoms with van der Waals surface area (Å²) in [7, 11) is 3.58. The Hall–Kier alpha value is -2.90. The maximum absolute atomic E-state index is 12.6. The standard InChI is InChI=1S/C20H28N6O2.H2/c1-20(2,3)12-26-16-9-8-14(23-17(16)25(5)19(26)28)7-6-10-21-18(27)15-11-24(4)13-22-15;/h8-9,11,13H,6-7,10,12H2,1-5H3,(H,21,27);1H. The first-order valence-corrected chi connectivity index (χ1v) is 9.47. The summed E-state index contributed by atoms with van der Waals surface area (Å²) in [5, 5.41) is 2.87. The highest BCUT2D eigenvalue weighted by Crippen LogP contribution is 2.19. The molecule has 1 N–H and O–H groups in total. The predicted octanol–water partition coefficient (Wildman–Crippen LogP) is 2.12. The highest BCUT2D eigenvalue weighted by atomic mass is 16.2. The number of carbonyl (C=O) groups is 1. The van der Waals surface area contributed by atoms with Gasteiger partial charge in [0, 0.05) is 40.5 Å². The van der Waals surface area contributed by atoms with Gasteiger partial charge in [-0.2, -0.15) is 0 Å². The number of rotatable bonds is 6. The molecule has 3 aromatic heterocycles. The van der Waals surface area contributed by atoms with Crippen LogP contribution in [0.1, 0.15) is 44.8 Å². The van der Waals surface area contributed by atoms with E-state index in [9.17, 15) is 9.59 Å². The number of aromatic nitrogens is 5. The van der Waals surface area contributed by atoms with Crippen molar-refractivity contribution in [3.63, 3.8) is 0 Å². The van der Waals surface area contributed by atoms with Crippen LogP contribution in [0.2, 0.25) is 0 Å². The third-order valence-electron chi connectivity index (χ3n) is 4.50. The first-order chi connectivity index (χ1) is 13.2. The number of hydrogen-bond donors (Lipinski definition) is 1. The molecule has 3 aromatic rings. The topological polar surface area (TPSA) is 86.7 Å². The molecule has 0 saturated carbocycles. The number of fused-ring (bicyclic) bond motifs is 1. The van der Waals surface area contributed by atoms with Crippen LogP contribution in [0.15, 0.2) is 29.5 Å². The molecule has 0 spiro atoms. The van der Waals surface area contributed by atoms with Crippen LogP contribution in [0.3, 0.4) is 0 Å². The van der Waals surface area contributed by atoms with E-state index in [-0.39, 0.29) is 18.4 Å². The predicted molar refractivity (Wildman–Crippen MR) is 110 cm³/mol. The maximum atomic E-state index is 12.6. The van der Waals surface area contributed by atoms with Crippen molar-refractivity contribution in [1.29, 1.82) is 0 Å². The molecule has 0 saturated heterocycles. The third-order valence-corrected chi connectivity index (χ3v) is 4.50. The lowest BCUT2D eigenvalue weighted by molar-refractivity contribution is 0.0948.